The van der Waals surface area contributed by atoms with Gasteiger partial charge >= 0.3 is 0 Å². The van der Waals surface area contributed by atoms with Crippen LogP contribution in [0, 0.1) is 6.92 Å². The van der Waals surface area contributed by atoms with Crippen molar-refractivity contribution in [2.24, 2.45) is 4.99 Å². The maximum Gasteiger partial charge on any atom is 0.166 e. The molecular weight excluding hydrogens is 322 g/mol. The van der Waals surface area contributed by atoms with Crippen molar-refractivity contribution in [2.45, 2.75) is 25.3 Å². The Hall–Kier alpha value is -2.53. The van der Waals surface area contributed by atoms with Crippen molar-refractivity contribution in [3.05, 3.63) is 70.4 Å². The second kappa shape index (κ2) is 4.74. The van der Waals surface area contributed by atoms with Crippen LogP contribution in [0.3, 0.4) is 0 Å². The Morgan fingerprint density at radius 1 is 1.08 bits per heavy atom. The number of benzene rings is 1. The lowest BCUT2D eigenvalue weighted by Crippen LogP contribution is -2.12. The fourth-order valence-electron chi connectivity index (χ4n) is 3.28. The molecule has 2 aromatic heterocycles. The fourth-order valence-corrected chi connectivity index (χ4v) is 3.41. The Bertz CT molecular complexity index is 983. The van der Waals surface area contributed by atoms with Crippen molar-refractivity contribution < 1.29 is 0 Å². The lowest BCUT2D eigenvalue weighted by Gasteiger charge is -2.10. The molecule has 2 aliphatic rings. The van der Waals surface area contributed by atoms with Crippen molar-refractivity contribution >= 4 is 17.3 Å². The molecule has 118 valence electrons. The van der Waals surface area contributed by atoms with Crippen molar-refractivity contribution in [3.8, 4) is 5.82 Å². The number of aryl methyl sites for hydroxylation is 1. The monoisotopic (exact) mass is 335 g/mol. The van der Waals surface area contributed by atoms with E-state index < -0.39 is 0 Å². The number of hydrogen-bond donors (Lipinski definition) is 0. The van der Waals surface area contributed by atoms with E-state index in [9.17, 15) is 0 Å². The van der Waals surface area contributed by atoms with Crippen LogP contribution in [0.1, 0.15) is 35.6 Å². The van der Waals surface area contributed by atoms with Crippen LogP contribution in [0.5, 0.6) is 0 Å². The van der Waals surface area contributed by atoms with E-state index in [1.165, 1.54) is 0 Å². The van der Waals surface area contributed by atoms with Crippen LogP contribution in [0.15, 0.2) is 47.6 Å². The lowest BCUT2D eigenvalue weighted by atomic mass is 10.0. The molecule has 5 nitrogen and oxygen atoms in total. The molecule has 0 atom stereocenters. The van der Waals surface area contributed by atoms with Gasteiger partial charge in [0.2, 0.25) is 0 Å². The number of aromatic nitrogens is 4. The normalized spacial score (nSPS) is 17.0. The van der Waals surface area contributed by atoms with Crippen molar-refractivity contribution in [1.82, 2.24) is 19.7 Å². The second-order valence-corrected chi connectivity index (χ2v) is 6.72. The Morgan fingerprint density at radius 2 is 1.88 bits per heavy atom. The molecule has 1 aromatic carbocycles. The number of fused-ring (bicyclic) bond motifs is 4. The summed E-state index contributed by atoms with van der Waals surface area (Å²) in [6, 6.07) is 11.8. The van der Waals surface area contributed by atoms with Crippen molar-refractivity contribution in [3.63, 3.8) is 0 Å². The van der Waals surface area contributed by atoms with E-state index in [0.29, 0.717) is 5.02 Å². The Kier molecular flexibility index (Phi) is 2.74. The van der Waals surface area contributed by atoms with E-state index >= 15 is 0 Å². The minimum absolute atomic E-state index is 0.281. The molecule has 1 fully saturated rings. The van der Waals surface area contributed by atoms with E-state index in [0.717, 1.165) is 47.1 Å². The molecule has 0 radical (unpaired) electrons. The van der Waals surface area contributed by atoms with Crippen LogP contribution in [-0.2, 0) is 5.54 Å². The maximum absolute atomic E-state index is 6.05. The number of pyridine rings is 1. The van der Waals surface area contributed by atoms with Crippen LogP contribution in [0.25, 0.3) is 5.82 Å². The molecule has 0 saturated heterocycles. The molecule has 1 spiro atoms. The summed E-state index contributed by atoms with van der Waals surface area (Å²) in [5.74, 6) is 2.57. The SMILES string of the molecule is Cc1nnc2n1-c1ncccc1C(c1ccc(Cl)cc1)=NC21CC1. The highest BCUT2D eigenvalue weighted by atomic mass is 35.5. The molecule has 6 heteroatoms. The van der Waals surface area contributed by atoms with Gasteiger partial charge in [0.15, 0.2) is 5.82 Å². The molecule has 5 rings (SSSR count). The minimum Gasteiger partial charge on any atom is -0.269 e. The lowest BCUT2D eigenvalue weighted by molar-refractivity contribution is 0.656. The smallest absolute Gasteiger partial charge is 0.166 e. The van der Waals surface area contributed by atoms with Gasteiger partial charge in [0.25, 0.3) is 0 Å². The summed E-state index contributed by atoms with van der Waals surface area (Å²) in [6.07, 6.45) is 3.76. The summed E-state index contributed by atoms with van der Waals surface area (Å²) in [5.41, 5.74) is 2.69. The molecule has 24 heavy (non-hydrogen) atoms. The highest BCUT2D eigenvalue weighted by molar-refractivity contribution is 6.30. The van der Waals surface area contributed by atoms with Gasteiger partial charge in [-0.05, 0) is 44.0 Å². The van der Waals surface area contributed by atoms with Gasteiger partial charge in [-0.25, -0.2) is 4.98 Å². The average Bonchev–Trinajstić information content (AvgIpc) is 3.30. The van der Waals surface area contributed by atoms with E-state index in [2.05, 4.69) is 25.8 Å². The molecule has 0 bridgehead atoms. The third-order valence-electron chi connectivity index (χ3n) is 4.66. The first-order valence-corrected chi connectivity index (χ1v) is 8.30. The average molecular weight is 336 g/mol. The van der Waals surface area contributed by atoms with E-state index in [1.807, 2.05) is 37.3 Å². The van der Waals surface area contributed by atoms with E-state index in [-0.39, 0.29) is 5.54 Å². The van der Waals surface area contributed by atoms with Gasteiger partial charge in [-0.3, -0.25) is 9.56 Å². The molecule has 3 heterocycles. The van der Waals surface area contributed by atoms with E-state index in [1.54, 1.807) is 6.20 Å². The van der Waals surface area contributed by atoms with Gasteiger partial charge in [-0.15, -0.1) is 10.2 Å². The fraction of sp³-hybridized carbons (Fsp3) is 0.222. The number of rotatable bonds is 1. The van der Waals surface area contributed by atoms with Crippen molar-refractivity contribution in [2.75, 3.05) is 0 Å². The van der Waals surface area contributed by atoms with Crippen LogP contribution in [0.2, 0.25) is 5.02 Å². The van der Waals surface area contributed by atoms with Crippen LogP contribution < -0.4 is 0 Å². The molecule has 1 aliphatic carbocycles. The molecular formula is C18H14ClN5. The predicted molar refractivity (Wildman–Crippen MR) is 91.9 cm³/mol. The third-order valence-corrected chi connectivity index (χ3v) is 4.91. The summed E-state index contributed by atoms with van der Waals surface area (Å²) in [7, 11) is 0. The summed E-state index contributed by atoms with van der Waals surface area (Å²) in [4.78, 5) is 9.74. The zero-order valence-corrected chi connectivity index (χ0v) is 13.8. The standard InChI is InChI=1S/C18H14ClN5/c1-11-22-23-17-18(8-9-18)21-15(12-4-6-13(19)7-5-12)14-3-2-10-20-16(14)24(11)17/h2-7,10H,8-9H2,1H3. The third kappa shape index (κ3) is 1.88. The second-order valence-electron chi connectivity index (χ2n) is 6.28. The number of hydrogen-bond acceptors (Lipinski definition) is 4. The quantitative estimate of drug-likeness (QED) is 0.684. The Balaban J connectivity index is 1.83. The van der Waals surface area contributed by atoms with Gasteiger partial charge in [0.1, 0.15) is 17.2 Å². The number of halogens is 1. The molecule has 1 aliphatic heterocycles. The zero-order valence-electron chi connectivity index (χ0n) is 13.1. The van der Waals surface area contributed by atoms with Gasteiger partial charge in [0, 0.05) is 22.3 Å². The van der Waals surface area contributed by atoms with Crippen LogP contribution >= 0.6 is 11.6 Å². The molecule has 0 N–H and O–H groups in total. The first-order chi connectivity index (χ1) is 11.7. The summed E-state index contributed by atoms with van der Waals surface area (Å²) in [6.45, 7) is 1.96. The minimum atomic E-state index is -0.281. The van der Waals surface area contributed by atoms with Gasteiger partial charge < -0.3 is 0 Å². The van der Waals surface area contributed by atoms with Crippen molar-refractivity contribution in [1.29, 1.82) is 0 Å². The van der Waals surface area contributed by atoms with Crippen LogP contribution in [0.4, 0.5) is 0 Å². The topological polar surface area (TPSA) is 56.0 Å². The summed E-state index contributed by atoms with van der Waals surface area (Å²) >= 11 is 6.05. The first-order valence-electron chi connectivity index (χ1n) is 7.92. The largest absolute Gasteiger partial charge is 0.269 e. The molecule has 0 amide bonds. The molecule has 0 unspecified atom stereocenters. The maximum atomic E-state index is 6.05. The Morgan fingerprint density at radius 3 is 2.62 bits per heavy atom. The number of nitrogens with zero attached hydrogens (tertiary/aromatic N) is 5. The molecule has 1 saturated carbocycles. The Labute approximate surface area is 144 Å². The van der Waals surface area contributed by atoms with Gasteiger partial charge in [-0.1, -0.05) is 23.7 Å². The highest BCUT2D eigenvalue weighted by Crippen LogP contribution is 2.51. The zero-order chi connectivity index (χ0) is 16.3. The molecule has 3 aromatic rings. The summed E-state index contributed by atoms with van der Waals surface area (Å²) in [5, 5.41) is 9.40. The summed E-state index contributed by atoms with van der Waals surface area (Å²) < 4.78 is 2.05. The van der Waals surface area contributed by atoms with Gasteiger partial charge in [-0.2, -0.15) is 0 Å². The first kappa shape index (κ1) is 13.9. The number of aliphatic imine (C=N–C) groups is 1. The predicted octanol–water partition coefficient (Wildman–Crippen LogP) is 3.46. The van der Waals surface area contributed by atoms with Gasteiger partial charge in [0.05, 0.1) is 5.71 Å². The van der Waals surface area contributed by atoms with Crippen LogP contribution in [-0.4, -0.2) is 25.5 Å². The van der Waals surface area contributed by atoms with E-state index in [4.69, 9.17) is 16.6 Å². The highest BCUT2D eigenvalue weighted by Gasteiger charge is 2.51.